The van der Waals surface area contributed by atoms with Crippen molar-refractivity contribution >= 4 is 39.1 Å². The first-order valence-electron chi connectivity index (χ1n) is 8.88. The highest BCUT2D eigenvalue weighted by Crippen LogP contribution is 2.28. The lowest BCUT2D eigenvalue weighted by atomic mass is 10.1. The lowest BCUT2D eigenvalue weighted by molar-refractivity contribution is 0.0699. The van der Waals surface area contributed by atoms with E-state index in [1.165, 1.54) is 17.5 Å². The third-order valence-corrected chi connectivity index (χ3v) is 5.82. The van der Waals surface area contributed by atoms with Gasteiger partial charge in [-0.3, -0.25) is 9.78 Å². The molecule has 0 saturated carbocycles. The highest BCUT2D eigenvalue weighted by Gasteiger charge is 2.20. The highest BCUT2D eigenvalue weighted by atomic mass is 35.5. The van der Waals surface area contributed by atoms with Crippen molar-refractivity contribution in [2.45, 2.75) is 13.0 Å². The second-order valence-electron chi connectivity index (χ2n) is 6.51. The Morgan fingerprint density at radius 3 is 2.63 bits per heavy atom. The third-order valence-electron chi connectivity index (χ3n) is 4.60. The monoisotopic (exact) mass is 442 g/mol. The molecule has 2 heterocycles. The molecule has 4 rings (SSSR count). The number of rotatable bonds is 5. The fourth-order valence-corrected chi connectivity index (χ4v) is 4.25. The molecule has 30 heavy (non-hydrogen) atoms. The van der Waals surface area contributed by atoms with Gasteiger partial charge in [0.05, 0.1) is 21.7 Å². The summed E-state index contributed by atoms with van der Waals surface area (Å²) in [5.41, 5.74) is -0.602. The molecule has 0 radical (unpaired) electrons. The SMILES string of the molecule is CC(Oc1ccc(Cl)c(-n2c(=O)[nH]c3scc(C(=O)O)c3c2=O)c1)c1ccccc1. The van der Waals surface area contributed by atoms with Gasteiger partial charge in [0.15, 0.2) is 0 Å². The van der Waals surface area contributed by atoms with Gasteiger partial charge in [-0.1, -0.05) is 41.9 Å². The van der Waals surface area contributed by atoms with Gasteiger partial charge in [0.1, 0.15) is 16.7 Å². The van der Waals surface area contributed by atoms with Crippen molar-refractivity contribution in [3.05, 3.63) is 90.9 Å². The van der Waals surface area contributed by atoms with Crippen LogP contribution in [0.4, 0.5) is 0 Å². The fraction of sp³-hybridized carbons (Fsp3) is 0.0952. The van der Waals surface area contributed by atoms with Crippen LogP contribution in [0.3, 0.4) is 0 Å². The minimum Gasteiger partial charge on any atom is -0.486 e. The van der Waals surface area contributed by atoms with E-state index in [9.17, 15) is 19.5 Å². The van der Waals surface area contributed by atoms with Crippen LogP contribution in [-0.4, -0.2) is 20.6 Å². The predicted molar refractivity (Wildman–Crippen MR) is 115 cm³/mol. The third kappa shape index (κ3) is 3.51. The molecule has 0 aliphatic heterocycles. The number of hydrogen-bond donors (Lipinski definition) is 2. The topological polar surface area (TPSA) is 101 Å². The van der Waals surface area contributed by atoms with E-state index in [1.807, 2.05) is 37.3 Å². The first-order chi connectivity index (χ1) is 14.4. The van der Waals surface area contributed by atoms with Crippen LogP contribution < -0.4 is 16.0 Å². The summed E-state index contributed by atoms with van der Waals surface area (Å²) >= 11 is 7.25. The van der Waals surface area contributed by atoms with Gasteiger partial charge in [-0.2, -0.15) is 0 Å². The van der Waals surface area contributed by atoms with Gasteiger partial charge < -0.3 is 9.84 Å². The zero-order valence-electron chi connectivity index (χ0n) is 15.6. The average Bonchev–Trinajstić information content (AvgIpc) is 3.15. The van der Waals surface area contributed by atoms with Crippen molar-refractivity contribution in [1.82, 2.24) is 9.55 Å². The number of aromatic nitrogens is 2. The summed E-state index contributed by atoms with van der Waals surface area (Å²) in [4.78, 5) is 39.8. The molecule has 0 fully saturated rings. The molecule has 1 atom stereocenters. The number of nitrogens with zero attached hydrogens (tertiary/aromatic N) is 1. The second-order valence-corrected chi connectivity index (χ2v) is 7.80. The summed E-state index contributed by atoms with van der Waals surface area (Å²) in [5, 5.41) is 10.7. The van der Waals surface area contributed by atoms with Gasteiger partial charge in [0.2, 0.25) is 0 Å². The van der Waals surface area contributed by atoms with E-state index in [2.05, 4.69) is 4.98 Å². The minimum atomic E-state index is -1.25. The Balaban J connectivity index is 1.83. The molecule has 0 amide bonds. The Morgan fingerprint density at radius 2 is 1.93 bits per heavy atom. The Morgan fingerprint density at radius 1 is 1.20 bits per heavy atom. The molecule has 7 nitrogen and oxygen atoms in total. The summed E-state index contributed by atoms with van der Waals surface area (Å²) in [6.07, 6.45) is -0.284. The number of halogens is 1. The molecule has 1 unspecified atom stereocenters. The van der Waals surface area contributed by atoms with Gasteiger partial charge in [-0.05, 0) is 24.6 Å². The van der Waals surface area contributed by atoms with Crippen LogP contribution in [0.1, 0.15) is 28.9 Å². The molecule has 0 aliphatic carbocycles. The second kappa shape index (κ2) is 7.81. The molecule has 0 aliphatic rings. The summed E-state index contributed by atoms with van der Waals surface area (Å²) < 4.78 is 6.78. The molecule has 4 aromatic rings. The van der Waals surface area contributed by atoms with Crippen molar-refractivity contribution in [1.29, 1.82) is 0 Å². The van der Waals surface area contributed by atoms with Gasteiger partial charge in [0.25, 0.3) is 5.56 Å². The fourth-order valence-electron chi connectivity index (χ4n) is 3.13. The van der Waals surface area contributed by atoms with Crippen LogP contribution in [0.15, 0.2) is 63.5 Å². The van der Waals surface area contributed by atoms with Gasteiger partial charge in [-0.15, -0.1) is 11.3 Å². The number of aromatic amines is 1. The predicted octanol–water partition coefficient (Wildman–Crippen LogP) is 4.23. The maximum atomic E-state index is 13.0. The number of benzene rings is 2. The van der Waals surface area contributed by atoms with E-state index in [0.29, 0.717) is 5.75 Å². The first kappa shape index (κ1) is 19.9. The van der Waals surface area contributed by atoms with E-state index >= 15 is 0 Å². The minimum absolute atomic E-state index is 0.0767. The number of hydrogen-bond acceptors (Lipinski definition) is 5. The lowest BCUT2D eigenvalue weighted by Crippen LogP contribution is -2.34. The number of aromatic carboxylic acids is 1. The summed E-state index contributed by atoms with van der Waals surface area (Å²) in [5.74, 6) is -0.849. The molecule has 9 heteroatoms. The van der Waals surface area contributed by atoms with Crippen molar-refractivity contribution in [2.75, 3.05) is 0 Å². The first-order valence-corrected chi connectivity index (χ1v) is 10.1. The Labute approximate surface area is 178 Å². The largest absolute Gasteiger partial charge is 0.486 e. The molecular weight excluding hydrogens is 428 g/mol. The summed E-state index contributed by atoms with van der Waals surface area (Å²) in [7, 11) is 0. The van der Waals surface area contributed by atoms with Crippen molar-refractivity contribution in [3.8, 4) is 11.4 Å². The normalized spacial score (nSPS) is 12.1. The van der Waals surface area contributed by atoms with Crippen LogP contribution in [-0.2, 0) is 0 Å². The number of carbonyl (C=O) groups is 1. The number of fused-ring (bicyclic) bond motifs is 1. The number of nitrogens with one attached hydrogen (secondary N) is 1. The van der Waals surface area contributed by atoms with E-state index in [0.717, 1.165) is 21.5 Å². The van der Waals surface area contributed by atoms with E-state index < -0.39 is 17.2 Å². The smallest absolute Gasteiger partial charge is 0.337 e. The quantitative estimate of drug-likeness (QED) is 0.481. The molecule has 2 N–H and O–H groups in total. The molecular formula is C21H15ClN2O5S. The van der Waals surface area contributed by atoms with Crippen LogP contribution >= 0.6 is 22.9 Å². The van der Waals surface area contributed by atoms with Crippen molar-refractivity contribution < 1.29 is 14.6 Å². The van der Waals surface area contributed by atoms with Crippen molar-refractivity contribution in [2.24, 2.45) is 0 Å². The summed E-state index contributed by atoms with van der Waals surface area (Å²) in [6.45, 7) is 1.87. The lowest BCUT2D eigenvalue weighted by Gasteiger charge is -2.16. The zero-order valence-corrected chi connectivity index (χ0v) is 17.2. The maximum absolute atomic E-state index is 13.0. The van der Waals surface area contributed by atoms with E-state index in [1.54, 1.807) is 6.07 Å². The van der Waals surface area contributed by atoms with Crippen LogP contribution in [0, 0.1) is 0 Å². The van der Waals surface area contributed by atoms with Crippen molar-refractivity contribution in [3.63, 3.8) is 0 Å². The summed E-state index contributed by atoms with van der Waals surface area (Å²) in [6, 6.07) is 14.2. The average molecular weight is 443 g/mol. The Bertz CT molecular complexity index is 1370. The van der Waals surface area contributed by atoms with Crippen LogP contribution in [0.2, 0.25) is 5.02 Å². The maximum Gasteiger partial charge on any atom is 0.337 e. The van der Waals surface area contributed by atoms with Crippen LogP contribution in [0.25, 0.3) is 15.9 Å². The van der Waals surface area contributed by atoms with Crippen LogP contribution in [0.5, 0.6) is 5.75 Å². The molecule has 0 bridgehead atoms. The van der Waals surface area contributed by atoms with E-state index in [4.69, 9.17) is 16.3 Å². The number of ether oxygens (including phenoxy) is 1. The van der Waals surface area contributed by atoms with Gasteiger partial charge in [-0.25, -0.2) is 14.2 Å². The Hall–Kier alpha value is -3.36. The number of carboxylic acid groups (broad SMARTS) is 1. The molecule has 152 valence electrons. The number of carboxylic acids is 1. The number of H-pyrrole nitrogens is 1. The standard InChI is InChI=1S/C21H15ClN2O5S/c1-11(12-5-3-2-4-6-12)29-13-7-8-15(22)16(9-13)24-19(25)17-14(20(26)27)10-30-18(17)23-21(24)28/h2-11H,1H3,(H,23,28)(H,26,27). The van der Waals surface area contributed by atoms with Gasteiger partial charge >= 0.3 is 11.7 Å². The Kier molecular flexibility index (Phi) is 5.19. The number of thiophene rings is 1. The van der Waals surface area contributed by atoms with Gasteiger partial charge in [0, 0.05) is 11.4 Å². The molecule has 2 aromatic carbocycles. The molecule has 2 aromatic heterocycles. The molecule has 0 spiro atoms. The van der Waals surface area contributed by atoms with E-state index in [-0.39, 0.29) is 32.6 Å². The zero-order chi connectivity index (χ0) is 21.4. The highest BCUT2D eigenvalue weighted by molar-refractivity contribution is 7.17. The molecule has 0 saturated heterocycles.